The van der Waals surface area contributed by atoms with Crippen molar-refractivity contribution in [3.63, 3.8) is 0 Å². The van der Waals surface area contributed by atoms with E-state index in [4.69, 9.17) is 5.26 Å². The van der Waals surface area contributed by atoms with Crippen molar-refractivity contribution in [3.05, 3.63) is 65.4 Å². The summed E-state index contributed by atoms with van der Waals surface area (Å²) in [4.78, 5) is 18.9. The van der Waals surface area contributed by atoms with E-state index in [-0.39, 0.29) is 5.91 Å². The molecule has 2 heterocycles. The Morgan fingerprint density at radius 2 is 1.85 bits per heavy atom. The summed E-state index contributed by atoms with van der Waals surface area (Å²) in [6, 6.07) is 13.2. The van der Waals surface area contributed by atoms with Crippen LogP contribution in [0.3, 0.4) is 0 Å². The number of nitrogens with zero attached hydrogens (tertiary/aromatic N) is 3. The molecule has 27 heavy (non-hydrogen) atoms. The number of nitriles is 1. The quantitative estimate of drug-likeness (QED) is 0.826. The first kappa shape index (κ1) is 18.7. The van der Waals surface area contributed by atoms with Crippen LogP contribution in [0.1, 0.15) is 42.4 Å². The van der Waals surface area contributed by atoms with Gasteiger partial charge in [0.05, 0.1) is 11.6 Å². The van der Waals surface area contributed by atoms with Gasteiger partial charge in [-0.1, -0.05) is 31.0 Å². The van der Waals surface area contributed by atoms with E-state index < -0.39 is 0 Å². The lowest BCUT2D eigenvalue weighted by Crippen LogP contribution is -2.25. The SMILES string of the molecule is N#Cc1ccc(/C=C/C(=O)NCc2ccc(N3CCCCCC3)nc2)cc1. The van der Waals surface area contributed by atoms with Crippen LogP contribution >= 0.6 is 0 Å². The topological polar surface area (TPSA) is 69.0 Å². The predicted molar refractivity (Wildman–Crippen MR) is 107 cm³/mol. The monoisotopic (exact) mass is 360 g/mol. The molecule has 0 atom stereocenters. The second-order valence-electron chi connectivity index (χ2n) is 6.71. The van der Waals surface area contributed by atoms with Gasteiger partial charge in [0.15, 0.2) is 0 Å². The number of amides is 1. The Hall–Kier alpha value is -3.13. The Morgan fingerprint density at radius 3 is 2.48 bits per heavy atom. The van der Waals surface area contributed by atoms with Gasteiger partial charge < -0.3 is 10.2 Å². The molecule has 1 aromatic heterocycles. The zero-order chi connectivity index (χ0) is 18.9. The zero-order valence-corrected chi connectivity index (χ0v) is 15.4. The Balaban J connectivity index is 1.49. The van der Waals surface area contributed by atoms with Crippen molar-refractivity contribution in [3.8, 4) is 6.07 Å². The number of rotatable bonds is 5. The van der Waals surface area contributed by atoms with E-state index in [1.54, 1.807) is 18.2 Å². The summed E-state index contributed by atoms with van der Waals surface area (Å²) in [5.74, 6) is 0.864. The fourth-order valence-corrected chi connectivity index (χ4v) is 3.10. The van der Waals surface area contributed by atoms with Crippen LogP contribution in [0, 0.1) is 11.3 Å². The molecule has 0 unspecified atom stereocenters. The van der Waals surface area contributed by atoms with Crippen molar-refractivity contribution in [2.45, 2.75) is 32.2 Å². The van der Waals surface area contributed by atoms with Crippen LogP contribution < -0.4 is 10.2 Å². The molecule has 0 saturated carbocycles. The molecular weight excluding hydrogens is 336 g/mol. The highest BCUT2D eigenvalue weighted by molar-refractivity contribution is 5.91. The summed E-state index contributed by atoms with van der Waals surface area (Å²) in [5, 5.41) is 11.7. The van der Waals surface area contributed by atoms with E-state index in [2.05, 4.69) is 21.3 Å². The first-order chi connectivity index (χ1) is 13.2. The van der Waals surface area contributed by atoms with Gasteiger partial charge in [-0.2, -0.15) is 5.26 Å². The van der Waals surface area contributed by atoms with Crippen molar-refractivity contribution >= 4 is 17.8 Å². The van der Waals surface area contributed by atoms with E-state index in [9.17, 15) is 4.79 Å². The Labute approximate surface area is 160 Å². The van der Waals surface area contributed by atoms with Gasteiger partial charge in [0.1, 0.15) is 5.82 Å². The number of hydrogen-bond acceptors (Lipinski definition) is 4. The molecular formula is C22H24N4O. The number of carbonyl (C=O) groups is 1. The van der Waals surface area contributed by atoms with Crippen LogP contribution in [0.15, 0.2) is 48.7 Å². The number of hydrogen-bond donors (Lipinski definition) is 1. The van der Waals surface area contributed by atoms with Crippen LogP contribution in [0.25, 0.3) is 6.08 Å². The summed E-state index contributed by atoms with van der Waals surface area (Å²) in [7, 11) is 0. The maximum Gasteiger partial charge on any atom is 0.244 e. The molecule has 5 nitrogen and oxygen atoms in total. The van der Waals surface area contributed by atoms with Gasteiger partial charge in [0, 0.05) is 31.9 Å². The molecule has 1 aliphatic heterocycles. The normalized spacial score (nSPS) is 14.6. The van der Waals surface area contributed by atoms with Crippen molar-refractivity contribution in [2.24, 2.45) is 0 Å². The molecule has 1 N–H and O–H groups in total. The van der Waals surface area contributed by atoms with Crippen LogP contribution in [-0.4, -0.2) is 24.0 Å². The largest absolute Gasteiger partial charge is 0.357 e. The Morgan fingerprint density at radius 1 is 1.11 bits per heavy atom. The van der Waals surface area contributed by atoms with Gasteiger partial charge in [-0.15, -0.1) is 0 Å². The highest BCUT2D eigenvalue weighted by Crippen LogP contribution is 2.17. The average molecular weight is 360 g/mol. The predicted octanol–water partition coefficient (Wildman–Crippen LogP) is 3.66. The molecule has 1 fully saturated rings. The molecule has 1 aromatic carbocycles. The van der Waals surface area contributed by atoms with Gasteiger partial charge in [0.2, 0.25) is 5.91 Å². The number of anilines is 1. The van der Waals surface area contributed by atoms with Crippen molar-refractivity contribution < 1.29 is 4.79 Å². The van der Waals surface area contributed by atoms with Crippen molar-refractivity contribution in [1.29, 1.82) is 5.26 Å². The zero-order valence-electron chi connectivity index (χ0n) is 15.4. The van der Waals surface area contributed by atoms with E-state index in [0.29, 0.717) is 12.1 Å². The van der Waals surface area contributed by atoms with Gasteiger partial charge in [0.25, 0.3) is 0 Å². The highest BCUT2D eigenvalue weighted by atomic mass is 16.1. The highest BCUT2D eigenvalue weighted by Gasteiger charge is 2.10. The molecule has 1 aliphatic rings. The lowest BCUT2D eigenvalue weighted by Gasteiger charge is -2.21. The minimum atomic E-state index is -0.157. The lowest BCUT2D eigenvalue weighted by atomic mass is 10.1. The minimum absolute atomic E-state index is 0.157. The van der Waals surface area contributed by atoms with E-state index >= 15 is 0 Å². The minimum Gasteiger partial charge on any atom is -0.357 e. The Bertz CT molecular complexity index is 811. The third-order valence-electron chi connectivity index (χ3n) is 4.67. The molecule has 0 radical (unpaired) electrons. The second-order valence-corrected chi connectivity index (χ2v) is 6.71. The van der Waals surface area contributed by atoms with Gasteiger partial charge >= 0.3 is 0 Å². The molecule has 1 saturated heterocycles. The maximum absolute atomic E-state index is 12.0. The molecule has 1 amide bonds. The summed E-state index contributed by atoms with van der Waals surface area (Å²) >= 11 is 0. The second kappa shape index (κ2) is 9.54. The van der Waals surface area contributed by atoms with Gasteiger partial charge in [-0.05, 0) is 48.2 Å². The fraction of sp³-hybridized carbons (Fsp3) is 0.318. The summed E-state index contributed by atoms with van der Waals surface area (Å²) < 4.78 is 0. The van der Waals surface area contributed by atoms with Crippen LogP contribution in [-0.2, 0) is 11.3 Å². The molecule has 2 aromatic rings. The molecule has 3 rings (SSSR count). The third-order valence-corrected chi connectivity index (χ3v) is 4.67. The first-order valence-electron chi connectivity index (χ1n) is 9.40. The van der Waals surface area contributed by atoms with E-state index in [0.717, 1.165) is 30.0 Å². The summed E-state index contributed by atoms with van der Waals surface area (Å²) in [6.07, 6.45) is 10.1. The van der Waals surface area contributed by atoms with Crippen molar-refractivity contribution in [1.82, 2.24) is 10.3 Å². The molecule has 5 heteroatoms. The number of benzene rings is 1. The number of carbonyl (C=O) groups excluding carboxylic acids is 1. The van der Waals surface area contributed by atoms with Crippen LogP contribution in [0.2, 0.25) is 0 Å². The van der Waals surface area contributed by atoms with Crippen LogP contribution in [0.4, 0.5) is 5.82 Å². The van der Waals surface area contributed by atoms with Gasteiger partial charge in [-0.3, -0.25) is 4.79 Å². The smallest absolute Gasteiger partial charge is 0.244 e. The number of pyridine rings is 1. The Kier molecular flexibility index (Phi) is 6.59. The van der Waals surface area contributed by atoms with E-state index in [1.165, 1.54) is 31.8 Å². The molecule has 0 aliphatic carbocycles. The third kappa shape index (κ3) is 5.68. The van der Waals surface area contributed by atoms with Crippen LogP contribution in [0.5, 0.6) is 0 Å². The number of nitrogens with one attached hydrogen (secondary N) is 1. The molecule has 0 bridgehead atoms. The van der Waals surface area contributed by atoms with Gasteiger partial charge in [-0.25, -0.2) is 4.98 Å². The molecule has 138 valence electrons. The number of aromatic nitrogens is 1. The first-order valence-corrected chi connectivity index (χ1v) is 9.40. The van der Waals surface area contributed by atoms with Crippen molar-refractivity contribution in [2.75, 3.05) is 18.0 Å². The average Bonchev–Trinajstić information content (AvgIpc) is 3.01. The lowest BCUT2D eigenvalue weighted by molar-refractivity contribution is -0.116. The standard InChI is InChI=1S/C22H24N4O/c23-15-19-7-5-18(6-8-19)10-12-22(27)25-17-20-9-11-21(24-16-20)26-13-3-1-2-4-14-26/h5-12,16H,1-4,13-14,17H2,(H,25,27)/b12-10+. The summed E-state index contributed by atoms with van der Waals surface area (Å²) in [6.45, 7) is 2.59. The van der Waals surface area contributed by atoms with E-state index in [1.807, 2.05) is 30.5 Å². The summed E-state index contributed by atoms with van der Waals surface area (Å²) in [5.41, 5.74) is 2.47. The molecule has 0 spiro atoms. The fourth-order valence-electron chi connectivity index (χ4n) is 3.10. The maximum atomic E-state index is 12.0.